The molecule has 0 radical (unpaired) electrons. The molecule has 1 fully saturated rings. The second kappa shape index (κ2) is 6.76. The number of hydrogen-bond acceptors (Lipinski definition) is 1. The number of benzene rings is 2. The maximum Gasteiger partial charge on any atom is 0.0443 e. The second-order valence-electron chi connectivity index (χ2n) is 9.56. The Hall–Kier alpha value is -1.76. The molecule has 0 N–H and O–H groups in total. The highest BCUT2D eigenvalue weighted by atomic mass is 15.3. The van der Waals surface area contributed by atoms with Crippen LogP contribution in [0.5, 0.6) is 0 Å². The Labute approximate surface area is 160 Å². The molecule has 2 aromatic rings. The van der Waals surface area contributed by atoms with E-state index in [0.717, 1.165) is 6.42 Å². The first kappa shape index (κ1) is 19.0. The van der Waals surface area contributed by atoms with E-state index in [0.29, 0.717) is 12.0 Å². The maximum absolute atomic E-state index is 2.74. The van der Waals surface area contributed by atoms with Gasteiger partial charge in [-0.25, -0.2) is 0 Å². The Morgan fingerprint density at radius 3 is 2.23 bits per heavy atom. The van der Waals surface area contributed by atoms with Gasteiger partial charge < -0.3 is 4.90 Å². The molecule has 0 spiro atoms. The zero-order valence-electron chi connectivity index (χ0n) is 17.6. The number of aryl methyl sites for hydroxylation is 1. The lowest BCUT2D eigenvalue weighted by molar-refractivity contribution is 0.494. The zero-order chi connectivity index (χ0) is 19.1. The SMILES string of the molecule is CCc1cccc(C(C)(C)C)c1N1C(C)C(c2ccccc2)CC1(C)C. The van der Waals surface area contributed by atoms with Crippen molar-refractivity contribution in [1.29, 1.82) is 0 Å². The van der Waals surface area contributed by atoms with Crippen LogP contribution in [0.4, 0.5) is 5.69 Å². The maximum atomic E-state index is 2.74. The summed E-state index contributed by atoms with van der Waals surface area (Å²) < 4.78 is 0. The quantitative estimate of drug-likeness (QED) is 0.595. The molecule has 0 amide bonds. The highest BCUT2D eigenvalue weighted by Crippen LogP contribution is 2.49. The third kappa shape index (κ3) is 3.29. The Morgan fingerprint density at radius 1 is 1.00 bits per heavy atom. The van der Waals surface area contributed by atoms with Crippen molar-refractivity contribution in [2.24, 2.45) is 0 Å². The fourth-order valence-electron chi connectivity index (χ4n) is 4.91. The lowest BCUT2D eigenvalue weighted by Crippen LogP contribution is -2.44. The molecular weight excluding hydrogens is 314 g/mol. The summed E-state index contributed by atoms with van der Waals surface area (Å²) >= 11 is 0. The molecule has 0 aliphatic carbocycles. The molecule has 2 unspecified atom stereocenters. The first-order valence-corrected chi connectivity index (χ1v) is 10.1. The van der Waals surface area contributed by atoms with Crippen LogP contribution < -0.4 is 4.90 Å². The second-order valence-corrected chi connectivity index (χ2v) is 9.56. The molecular formula is C25H35N. The van der Waals surface area contributed by atoms with Gasteiger partial charge in [0.1, 0.15) is 0 Å². The highest BCUT2D eigenvalue weighted by Gasteiger charge is 2.46. The van der Waals surface area contributed by atoms with Gasteiger partial charge in [0.25, 0.3) is 0 Å². The van der Waals surface area contributed by atoms with E-state index in [1.54, 1.807) is 0 Å². The Kier molecular flexibility index (Phi) is 4.94. The molecule has 2 aromatic carbocycles. The van der Waals surface area contributed by atoms with Crippen LogP contribution in [0.3, 0.4) is 0 Å². The third-order valence-corrected chi connectivity index (χ3v) is 6.14. The van der Waals surface area contributed by atoms with Gasteiger partial charge in [-0.15, -0.1) is 0 Å². The van der Waals surface area contributed by atoms with Crippen LogP contribution in [0.2, 0.25) is 0 Å². The van der Waals surface area contributed by atoms with Crippen molar-refractivity contribution in [3.05, 3.63) is 65.2 Å². The topological polar surface area (TPSA) is 3.24 Å². The van der Waals surface area contributed by atoms with Crippen molar-refractivity contribution in [2.75, 3.05) is 4.90 Å². The van der Waals surface area contributed by atoms with E-state index in [4.69, 9.17) is 0 Å². The normalized spacial score (nSPS) is 22.7. The smallest absolute Gasteiger partial charge is 0.0443 e. The molecule has 1 heterocycles. The molecule has 0 aromatic heterocycles. The summed E-state index contributed by atoms with van der Waals surface area (Å²) in [5, 5.41) is 0. The van der Waals surface area contributed by atoms with Gasteiger partial charge in [-0.2, -0.15) is 0 Å². The fourth-order valence-corrected chi connectivity index (χ4v) is 4.91. The molecule has 0 bridgehead atoms. The van der Waals surface area contributed by atoms with Gasteiger partial charge in [0, 0.05) is 23.2 Å². The minimum Gasteiger partial charge on any atom is -0.363 e. The molecule has 3 rings (SSSR count). The number of rotatable bonds is 3. The lowest BCUT2D eigenvalue weighted by Gasteiger charge is -2.41. The van der Waals surface area contributed by atoms with Gasteiger partial charge in [0.15, 0.2) is 0 Å². The van der Waals surface area contributed by atoms with E-state index in [1.165, 1.54) is 28.8 Å². The van der Waals surface area contributed by atoms with Crippen LogP contribution in [0.15, 0.2) is 48.5 Å². The fraction of sp³-hybridized carbons (Fsp3) is 0.520. The molecule has 26 heavy (non-hydrogen) atoms. The zero-order valence-corrected chi connectivity index (χ0v) is 17.6. The van der Waals surface area contributed by atoms with Crippen LogP contribution in [-0.4, -0.2) is 11.6 Å². The van der Waals surface area contributed by atoms with E-state index in [1.807, 2.05) is 0 Å². The van der Waals surface area contributed by atoms with Crippen LogP contribution in [-0.2, 0) is 11.8 Å². The molecule has 1 saturated heterocycles. The molecule has 0 saturated carbocycles. The van der Waals surface area contributed by atoms with Gasteiger partial charge >= 0.3 is 0 Å². The van der Waals surface area contributed by atoms with Crippen molar-refractivity contribution < 1.29 is 0 Å². The monoisotopic (exact) mass is 349 g/mol. The minimum atomic E-state index is 0.140. The van der Waals surface area contributed by atoms with E-state index in [9.17, 15) is 0 Å². The van der Waals surface area contributed by atoms with E-state index >= 15 is 0 Å². The largest absolute Gasteiger partial charge is 0.363 e. The summed E-state index contributed by atoms with van der Waals surface area (Å²) in [6, 6.07) is 18.5. The van der Waals surface area contributed by atoms with Crippen LogP contribution in [0, 0.1) is 0 Å². The molecule has 1 aliphatic heterocycles. The summed E-state index contributed by atoms with van der Waals surface area (Å²) in [6.45, 7) is 16.6. The van der Waals surface area contributed by atoms with Gasteiger partial charge in [0.05, 0.1) is 0 Å². The first-order valence-electron chi connectivity index (χ1n) is 10.1. The van der Waals surface area contributed by atoms with Crippen molar-refractivity contribution in [3.63, 3.8) is 0 Å². The number of nitrogens with zero attached hydrogens (tertiary/aromatic N) is 1. The molecule has 2 atom stereocenters. The average Bonchev–Trinajstić information content (AvgIpc) is 2.83. The van der Waals surface area contributed by atoms with Crippen molar-refractivity contribution >= 4 is 5.69 Å². The third-order valence-electron chi connectivity index (χ3n) is 6.14. The molecule has 140 valence electrons. The van der Waals surface area contributed by atoms with Crippen molar-refractivity contribution in [3.8, 4) is 0 Å². The molecule has 1 heteroatoms. The summed E-state index contributed by atoms with van der Waals surface area (Å²) in [5.74, 6) is 0.573. The van der Waals surface area contributed by atoms with E-state index in [2.05, 4.69) is 102 Å². The van der Waals surface area contributed by atoms with Gasteiger partial charge in [-0.3, -0.25) is 0 Å². The van der Waals surface area contributed by atoms with Crippen LogP contribution in [0.1, 0.15) is 77.5 Å². The summed E-state index contributed by atoms with van der Waals surface area (Å²) in [5.41, 5.74) is 6.20. The Balaban J connectivity index is 2.14. The highest BCUT2D eigenvalue weighted by molar-refractivity contribution is 5.65. The van der Waals surface area contributed by atoms with Gasteiger partial charge in [-0.1, -0.05) is 76.2 Å². The summed E-state index contributed by atoms with van der Waals surface area (Å²) in [7, 11) is 0. The number of anilines is 1. The molecule has 1 aliphatic rings. The Morgan fingerprint density at radius 2 is 1.65 bits per heavy atom. The van der Waals surface area contributed by atoms with E-state index in [-0.39, 0.29) is 11.0 Å². The standard InChI is InChI=1S/C25H35N/c1-8-19-15-12-16-22(24(3,4)5)23(19)26-18(2)21(17-25(26,6)7)20-13-10-9-11-14-20/h9-16,18,21H,8,17H2,1-7H3. The van der Waals surface area contributed by atoms with Crippen molar-refractivity contribution in [1.82, 2.24) is 0 Å². The van der Waals surface area contributed by atoms with Gasteiger partial charge in [0.2, 0.25) is 0 Å². The average molecular weight is 350 g/mol. The summed E-state index contributed by atoms with van der Waals surface area (Å²) in [6.07, 6.45) is 2.27. The predicted octanol–water partition coefficient (Wildman–Crippen LogP) is 6.71. The number of para-hydroxylation sites is 1. The Bertz CT molecular complexity index is 751. The van der Waals surface area contributed by atoms with Crippen LogP contribution in [0.25, 0.3) is 0 Å². The molecule has 1 nitrogen and oxygen atoms in total. The van der Waals surface area contributed by atoms with Crippen molar-refractivity contribution in [2.45, 2.75) is 84.2 Å². The van der Waals surface area contributed by atoms with Crippen LogP contribution >= 0.6 is 0 Å². The minimum absolute atomic E-state index is 0.140. The first-order chi connectivity index (χ1) is 12.2. The lowest BCUT2D eigenvalue weighted by atomic mass is 9.83. The van der Waals surface area contributed by atoms with Gasteiger partial charge in [-0.05, 0) is 55.7 Å². The summed E-state index contributed by atoms with van der Waals surface area (Å²) in [4.78, 5) is 2.74. The predicted molar refractivity (Wildman–Crippen MR) is 114 cm³/mol. The van der Waals surface area contributed by atoms with E-state index < -0.39 is 0 Å². The number of hydrogen-bond donors (Lipinski definition) is 0.